The van der Waals surface area contributed by atoms with Gasteiger partial charge in [-0.1, -0.05) is 17.7 Å². The topological polar surface area (TPSA) is 64.3 Å². The number of carbonyl (C=O) groups excluding carboxylic acids is 1. The van der Waals surface area contributed by atoms with Crippen LogP contribution in [0.3, 0.4) is 0 Å². The number of nitrogens with one attached hydrogen (secondary N) is 1. The molecule has 0 aliphatic carbocycles. The molecule has 0 spiro atoms. The summed E-state index contributed by atoms with van der Waals surface area (Å²) in [6.45, 7) is 0.330. The fourth-order valence-corrected chi connectivity index (χ4v) is 1.18. The van der Waals surface area contributed by atoms with E-state index in [1.54, 1.807) is 18.2 Å². The van der Waals surface area contributed by atoms with Gasteiger partial charge in [0.25, 0.3) is 0 Å². The maximum absolute atomic E-state index is 10.9. The molecule has 0 fully saturated rings. The molecule has 1 aromatic rings. The molecule has 0 atom stereocenters. The van der Waals surface area contributed by atoms with Gasteiger partial charge in [-0.15, -0.1) is 0 Å². The summed E-state index contributed by atoms with van der Waals surface area (Å²) < 4.78 is 4.46. The Morgan fingerprint density at radius 3 is 2.93 bits per heavy atom. The smallest absolute Gasteiger partial charge is 0.411 e. The molecule has 0 heterocycles. The number of halogens is 1. The van der Waals surface area contributed by atoms with E-state index in [-0.39, 0.29) is 0 Å². The van der Waals surface area contributed by atoms with Crippen molar-refractivity contribution in [2.24, 2.45) is 5.73 Å². The fraction of sp³-hybridized carbons (Fsp3) is 0.222. The van der Waals surface area contributed by atoms with Gasteiger partial charge >= 0.3 is 6.09 Å². The SMILES string of the molecule is COC(=O)Nc1cc(Cl)ccc1CN. The van der Waals surface area contributed by atoms with Gasteiger partial charge in [-0.05, 0) is 17.7 Å². The Kier molecular flexibility index (Phi) is 3.73. The molecule has 1 amide bonds. The third-order valence-electron chi connectivity index (χ3n) is 1.71. The largest absolute Gasteiger partial charge is 0.453 e. The number of nitrogens with two attached hydrogens (primary N) is 1. The van der Waals surface area contributed by atoms with Crippen LogP contribution in [0.15, 0.2) is 18.2 Å². The Bertz CT molecular complexity index is 342. The number of amides is 1. The molecule has 1 rings (SSSR count). The molecular formula is C9H11ClN2O2. The first-order valence-corrected chi connectivity index (χ1v) is 4.38. The van der Waals surface area contributed by atoms with Gasteiger partial charge in [0.15, 0.2) is 0 Å². The van der Waals surface area contributed by atoms with E-state index in [2.05, 4.69) is 10.1 Å². The first kappa shape index (κ1) is 10.8. The van der Waals surface area contributed by atoms with Crippen molar-refractivity contribution in [1.29, 1.82) is 0 Å². The molecule has 1 aromatic carbocycles. The summed E-state index contributed by atoms with van der Waals surface area (Å²) in [6, 6.07) is 5.10. The Morgan fingerprint density at radius 2 is 2.36 bits per heavy atom. The van der Waals surface area contributed by atoms with Gasteiger partial charge in [0.2, 0.25) is 0 Å². The number of rotatable bonds is 2. The maximum Gasteiger partial charge on any atom is 0.411 e. The van der Waals surface area contributed by atoms with Gasteiger partial charge in [0, 0.05) is 17.3 Å². The van der Waals surface area contributed by atoms with Crippen LogP contribution in [0.1, 0.15) is 5.56 Å². The van der Waals surface area contributed by atoms with Crippen LogP contribution in [0.5, 0.6) is 0 Å². The Morgan fingerprint density at radius 1 is 1.64 bits per heavy atom. The zero-order valence-corrected chi connectivity index (χ0v) is 8.47. The molecule has 76 valence electrons. The van der Waals surface area contributed by atoms with E-state index in [4.69, 9.17) is 17.3 Å². The van der Waals surface area contributed by atoms with Crippen LogP contribution in [0.4, 0.5) is 10.5 Å². The van der Waals surface area contributed by atoms with Crippen LogP contribution in [0, 0.1) is 0 Å². The number of carbonyl (C=O) groups is 1. The summed E-state index contributed by atoms with van der Waals surface area (Å²) in [5.74, 6) is 0. The highest BCUT2D eigenvalue weighted by molar-refractivity contribution is 6.30. The minimum absolute atomic E-state index is 0.330. The van der Waals surface area contributed by atoms with Crippen molar-refractivity contribution in [3.05, 3.63) is 28.8 Å². The highest BCUT2D eigenvalue weighted by Crippen LogP contribution is 2.20. The predicted molar refractivity (Wildman–Crippen MR) is 55.4 cm³/mol. The summed E-state index contributed by atoms with van der Waals surface area (Å²) in [7, 11) is 1.29. The summed E-state index contributed by atoms with van der Waals surface area (Å²) in [6.07, 6.45) is -0.540. The van der Waals surface area contributed by atoms with Crippen molar-refractivity contribution >= 4 is 23.4 Å². The van der Waals surface area contributed by atoms with Crippen molar-refractivity contribution in [3.63, 3.8) is 0 Å². The molecule has 0 saturated heterocycles. The minimum Gasteiger partial charge on any atom is -0.453 e. The second-order valence-electron chi connectivity index (χ2n) is 2.62. The van der Waals surface area contributed by atoms with Gasteiger partial charge in [0.1, 0.15) is 0 Å². The van der Waals surface area contributed by atoms with Gasteiger partial charge < -0.3 is 10.5 Å². The van der Waals surface area contributed by atoms with Crippen LogP contribution in [-0.2, 0) is 11.3 Å². The monoisotopic (exact) mass is 214 g/mol. The number of benzene rings is 1. The lowest BCUT2D eigenvalue weighted by atomic mass is 10.2. The van der Waals surface area contributed by atoms with Crippen molar-refractivity contribution in [2.75, 3.05) is 12.4 Å². The van der Waals surface area contributed by atoms with Crippen LogP contribution in [0.2, 0.25) is 5.02 Å². The highest BCUT2D eigenvalue weighted by atomic mass is 35.5. The quantitative estimate of drug-likeness (QED) is 0.791. The molecule has 3 N–H and O–H groups in total. The molecule has 0 aliphatic heterocycles. The average molecular weight is 215 g/mol. The molecule has 0 unspecified atom stereocenters. The van der Waals surface area contributed by atoms with Crippen molar-refractivity contribution in [2.45, 2.75) is 6.54 Å². The Labute approximate surface area is 87.0 Å². The van der Waals surface area contributed by atoms with E-state index in [9.17, 15) is 4.79 Å². The lowest BCUT2D eigenvalue weighted by Gasteiger charge is -2.08. The van der Waals surface area contributed by atoms with Gasteiger partial charge in [-0.25, -0.2) is 4.79 Å². The summed E-state index contributed by atoms with van der Waals surface area (Å²) in [4.78, 5) is 10.9. The molecule has 0 saturated carbocycles. The van der Waals surface area contributed by atoms with E-state index in [0.29, 0.717) is 17.3 Å². The fourth-order valence-electron chi connectivity index (χ4n) is 1.00. The number of hydrogen-bond acceptors (Lipinski definition) is 3. The van der Waals surface area contributed by atoms with Crippen LogP contribution < -0.4 is 11.1 Å². The van der Waals surface area contributed by atoms with Gasteiger partial charge in [0.05, 0.1) is 7.11 Å². The van der Waals surface area contributed by atoms with E-state index in [1.807, 2.05) is 0 Å². The van der Waals surface area contributed by atoms with Gasteiger partial charge in [-0.2, -0.15) is 0 Å². The number of anilines is 1. The first-order chi connectivity index (χ1) is 6.67. The van der Waals surface area contributed by atoms with E-state index >= 15 is 0 Å². The zero-order chi connectivity index (χ0) is 10.6. The molecule has 14 heavy (non-hydrogen) atoms. The van der Waals surface area contributed by atoms with Crippen LogP contribution >= 0.6 is 11.6 Å². The number of ether oxygens (including phenoxy) is 1. The van der Waals surface area contributed by atoms with Crippen molar-refractivity contribution in [1.82, 2.24) is 0 Å². The second-order valence-corrected chi connectivity index (χ2v) is 3.06. The number of methoxy groups -OCH3 is 1. The Hall–Kier alpha value is -1.26. The Balaban J connectivity index is 2.93. The lowest BCUT2D eigenvalue weighted by molar-refractivity contribution is 0.187. The summed E-state index contributed by atoms with van der Waals surface area (Å²) >= 11 is 5.77. The van der Waals surface area contributed by atoms with Crippen molar-refractivity contribution in [3.8, 4) is 0 Å². The third-order valence-corrected chi connectivity index (χ3v) is 1.95. The maximum atomic E-state index is 10.9. The molecule has 0 aliphatic rings. The molecule has 0 bridgehead atoms. The predicted octanol–water partition coefficient (Wildman–Crippen LogP) is 1.98. The molecular weight excluding hydrogens is 204 g/mol. The molecule has 5 heteroatoms. The van der Waals surface area contributed by atoms with E-state index in [1.165, 1.54) is 7.11 Å². The summed E-state index contributed by atoms with van der Waals surface area (Å²) in [5.41, 5.74) is 6.86. The normalized spacial score (nSPS) is 9.64. The van der Waals surface area contributed by atoms with E-state index < -0.39 is 6.09 Å². The van der Waals surface area contributed by atoms with Crippen molar-refractivity contribution < 1.29 is 9.53 Å². The lowest BCUT2D eigenvalue weighted by Crippen LogP contribution is -2.13. The molecule has 4 nitrogen and oxygen atoms in total. The highest BCUT2D eigenvalue weighted by Gasteiger charge is 2.05. The minimum atomic E-state index is -0.540. The number of hydrogen-bond donors (Lipinski definition) is 2. The van der Waals surface area contributed by atoms with Gasteiger partial charge in [-0.3, -0.25) is 5.32 Å². The summed E-state index contributed by atoms with van der Waals surface area (Å²) in [5, 5.41) is 3.06. The molecule has 0 aromatic heterocycles. The van der Waals surface area contributed by atoms with Crippen LogP contribution in [0.25, 0.3) is 0 Å². The second kappa shape index (κ2) is 4.83. The standard InChI is InChI=1S/C9H11ClN2O2/c1-14-9(13)12-8-4-7(10)3-2-6(8)5-11/h2-4H,5,11H2,1H3,(H,12,13). The first-order valence-electron chi connectivity index (χ1n) is 4.01. The average Bonchev–Trinajstić information content (AvgIpc) is 2.18. The van der Waals surface area contributed by atoms with Crippen LogP contribution in [-0.4, -0.2) is 13.2 Å². The zero-order valence-electron chi connectivity index (χ0n) is 7.71. The third kappa shape index (κ3) is 2.61. The van der Waals surface area contributed by atoms with E-state index in [0.717, 1.165) is 5.56 Å². The molecule has 0 radical (unpaired) electrons.